The van der Waals surface area contributed by atoms with Crippen LogP contribution in [-0.4, -0.2) is 19.5 Å². The van der Waals surface area contributed by atoms with E-state index in [0.717, 1.165) is 105 Å². The molecule has 68 heavy (non-hydrogen) atoms. The first-order valence-corrected chi connectivity index (χ1v) is 22.9. The van der Waals surface area contributed by atoms with Crippen LogP contribution < -0.4 is 0 Å². The summed E-state index contributed by atoms with van der Waals surface area (Å²) >= 11 is 0. The van der Waals surface area contributed by atoms with Crippen LogP contribution in [0.5, 0.6) is 0 Å². The van der Waals surface area contributed by atoms with Crippen LogP contribution in [0.1, 0.15) is 0 Å². The van der Waals surface area contributed by atoms with Gasteiger partial charge in [-0.1, -0.05) is 200 Å². The molecule has 13 aromatic rings. The standard InChI is InChI=1S/C63H40N4O/c1-6-19-41(20-7-1)45-33-35-48(42-21-8-2-9-22-42)53(37-45)46-34-36-49(56(38-46)63-65-61(43-23-10-3-11-24-43)64-62(66-63)44-25-12-4-13-26-44)51-30-18-31-52-55-39-58-54(40-59(55)68-60(51)52)50-29-16-17-32-57(50)67(58)47-27-14-5-15-28-47/h1-40H. The van der Waals surface area contributed by atoms with Crippen LogP contribution in [0.3, 0.4) is 0 Å². The van der Waals surface area contributed by atoms with E-state index in [0.29, 0.717) is 17.5 Å². The van der Waals surface area contributed by atoms with Gasteiger partial charge in [-0.15, -0.1) is 0 Å². The number of aromatic nitrogens is 4. The molecule has 13 rings (SSSR count). The lowest BCUT2D eigenvalue weighted by Gasteiger charge is -2.17. The predicted octanol–water partition coefficient (Wildman–Crippen LogP) is 16.5. The fraction of sp³-hybridized carbons (Fsp3) is 0. The molecule has 5 nitrogen and oxygen atoms in total. The maximum Gasteiger partial charge on any atom is 0.164 e. The summed E-state index contributed by atoms with van der Waals surface area (Å²) in [6.45, 7) is 0. The fourth-order valence-electron chi connectivity index (χ4n) is 9.85. The van der Waals surface area contributed by atoms with E-state index in [-0.39, 0.29) is 0 Å². The molecule has 5 heteroatoms. The molecule has 0 radical (unpaired) electrons. The van der Waals surface area contributed by atoms with Crippen molar-refractivity contribution in [2.24, 2.45) is 0 Å². The molecule has 0 aliphatic heterocycles. The van der Waals surface area contributed by atoms with Crippen molar-refractivity contribution in [3.63, 3.8) is 0 Å². The topological polar surface area (TPSA) is 56.7 Å². The van der Waals surface area contributed by atoms with Crippen LogP contribution in [0.15, 0.2) is 247 Å². The maximum atomic E-state index is 7.08. The lowest BCUT2D eigenvalue weighted by Crippen LogP contribution is -2.01. The average Bonchev–Trinajstić information content (AvgIpc) is 3.96. The first-order valence-electron chi connectivity index (χ1n) is 22.9. The predicted molar refractivity (Wildman–Crippen MR) is 279 cm³/mol. The molecule has 10 aromatic carbocycles. The van der Waals surface area contributed by atoms with Crippen molar-refractivity contribution in [1.29, 1.82) is 0 Å². The summed E-state index contributed by atoms with van der Waals surface area (Å²) in [5.74, 6) is 1.76. The van der Waals surface area contributed by atoms with Gasteiger partial charge in [-0.25, -0.2) is 15.0 Å². The lowest BCUT2D eigenvalue weighted by atomic mass is 9.88. The molecule has 0 saturated heterocycles. The normalized spacial score (nSPS) is 11.5. The summed E-state index contributed by atoms with van der Waals surface area (Å²) in [5.41, 5.74) is 16.3. The van der Waals surface area contributed by atoms with E-state index in [1.807, 2.05) is 36.4 Å². The van der Waals surface area contributed by atoms with Gasteiger partial charge in [0.05, 0.1) is 11.0 Å². The van der Waals surface area contributed by atoms with E-state index in [1.165, 1.54) is 5.39 Å². The van der Waals surface area contributed by atoms with Gasteiger partial charge in [-0.05, 0) is 81.4 Å². The van der Waals surface area contributed by atoms with Crippen molar-refractivity contribution in [2.45, 2.75) is 0 Å². The molecule has 3 heterocycles. The Balaban J connectivity index is 1.08. The van der Waals surface area contributed by atoms with E-state index < -0.39 is 0 Å². The average molecular weight is 869 g/mol. The highest BCUT2D eigenvalue weighted by Crippen LogP contribution is 2.45. The molecular formula is C63H40N4O. The van der Waals surface area contributed by atoms with Gasteiger partial charge in [0.2, 0.25) is 0 Å². The van der Waals surface area contributed by atoms with Gasteiger partial charge < -0.3 is 8.98 Å². The van der Waals surface area contributed by atoms with Crippen molar-refractivity contribution in [1.82, 2.24) is 19.5 Å². The fourth-order valence-corrected chi connectivity index (χ4v) is 9.85. The van der Waals surface area contributed by atoms with Gasteiger partial charge >= 0.3 is 0 Å². The summed E-state index contributed by atoms with van der Waals surface area (Å²) in [4.78, 5) is 15.8. The molecule has 0 amide bonds. The van der Waals surface area contributed by atoms with Gasteiger partial charge in [-0.3, -0.25) is 0 Å². The van der Waals surface area contributed by atoms with Gasteiger partial charge in [0, 0.05) is 49.5 Å². The molecule has 0 aliphatic carbocycles. The third-order valence-electron chi connectivity index (χ3n) is 13.1. The first-order chi connectivity index (χ1) is 33.7. The van der Waals surface area contributed by atoms with E-state index in [9.17, 15) is 0 Å². The van der Waals surface area contributed by atoms with Crippen molar-refractivity contribution in [2.75, 3.05) is 0 Å². The SMILES string of the molecule is c1ccc(-c2ccc(-c3ccccc3)c(-c3ccc(-c4cccc5c4oc4cc6c7ccccc7n(-c7ccccc7)c6cc45)c(-c4nc(-c5ccccc5)nc(-c5ccccc5)n4)c3)c2)cc1. The second-order valence-corrected chi connectivity index (χ2v) is 17.1. The Kier molecular flexibility index (Phi) is 9.43. The summed E-state index contributed by atoms with van der Waals surface area (Å²) in [6, 6.07) is 85.2. The van der Waals surface area contributed by atoms with Crippen molar-refractivity contribution < 1.29 is 4.42 Å². The summed E-state index contributed by atoms with van der Waals surface area (Å²) in [5, 5.41) is 4.40. The van der Waals surface area contributed by atoms with Crippen molar-refractivity contribution >= 4 is 43.7 Å². The minimum Gasteiger partial charge on any atom is -0.455 e. The molecule has 3 aromatic heterocycles. The van der Waals surface area contributed by atoms with E-state index in [2.05, 4.69) is 211 Å². The Morgan fingerprint density at radius 1 is 0.279 bits per heavy atom. The number of benzene rings is 10. The zero-order valence-electron chi connectivity index (χ0n) is 36.8. The maximum absolute atomic E-state index is 7.08. The second kappa shape index (κ2) is 16.4. The third kappa shape index (κ3) is 6.76. The molecule has 0 fully saturated rings. The van der Waals surface area contributed by atoms with E-state index in [1.54, 1.807) is 0 Å². The smallest absolute Gasteiger partial charge is 0.164 e. The van der Waals surface area contributed by atoms with Gasteiger partial charge in [0.15, 0.2) is 17.5 Å². The Bertz CT molecular complexity index is 3940. The second-order valence-electron chi connectivity index (χ2n) is 17.1. The molecule has 0 unspecified atom stereocenters. The van der Waals surface area contributed by atoms with E-state index in [4.69, 9.17) is 19.4 Å². The molecule has 0 aliphatic rings. The van der Waals surface area contributed by atoms with Gasteiger partial charge in [0.25, 0.3) is 0 Å². The number of rotatable bonds is 8. The highest BCUT2D eigenvalue weighted by atomic mass is 16.3. The quantitative estimate of drug-likeness (QED) is 0.153. The van der Waals surface area contributed by atoms with Crippen LogP contribution in [0.4, 0.5) is 0 Å². The zero-order valence-corrected chi connectivity index (χ0v) is 36.8. The minimum absolute atomic E-state index is 0.567. The molecule has 0 atom stereocenters. The largest absolute Gasteiger partial charge is 0.455 e. The van der Waals surface area contributed by atoms with Crippen molar-refractivity contribution in [3.05, 3.63) is 243 Å². The highest BCUT2D eigenvalue weighted by molar-refractivity contribution is 6.18. The van der Waals surface area contributed by atoms with Crippen molar-refractivity contribution in [3.8, 4) is 84.4 Å². The summed E-state index contributed by atoms with van der Waals surface area (Å²) < 4.78 is 9.44. The monoisotopic (exact) mass is 868 g/mol. The zero-order chi connectivity index (χ0) is 45.0. The Hall–Kier alpha value is -9.19. The van der Waals surface area contributed by atoms with Crippen LogP contribution in [0.2, 0.25) is 0 Å². The minimum atomic E-state index is 0.567. The van der Waals surface area contributed by atoms with Gasteiger partial charge in [-0.2, -0.15) is 0 Å². The number of nitrogens with zero attached hydrogens (tertiary/aromatic N) is 4. The van der Waals surface area contributed by atoms with Crippen LogP contribution in [0.25, 0.3) is 128 Å². The number of hydrogen-bond acceptors (Lipinski definition) is 4. The number of furan rings is 1. The number of para-hydroxylation sites is 3. The van der Waals surface area contributed by atoms with E-state index >= 15 is 0 Å². The summed E-state index contributed by atoms with van der Waals surface area (Å²) in [7, 11) is 0. The molecule has 0 bridgehead atoms. The Morgan fingerprint density at radius 3 is 1.51 bits per heavy atom. The molecule has 0 saturated carbocycles. The highest BCUT2D eigenvalue weighted by Gasteiger charge is 2.23. The lowest BCUT2D eigenvalue weighted by molar-refractivity contribution is 0.670. The molecule has 0 spiro atoms. The first kappa shape index (κ1) is 39.2. The Morgan fingerprint density at radius 2 is 0.824 bits per heavy atom. The summed E-state index contributed by atoms with van der Waals surface area (Å²) in [6.07, 6.45) is 0. The molecular weight excluding hydrogens is 829 g/mol. The third-order valence-corrected chi connectivity index (χ3v) is 13.1. The molecule has 318 valence electrons. The van der Waals surface area contributed by atoms with Crippen LogP contribution in [-0.2, 0) is 0 Å². The van der Waals surface area contributed by atoms with Gasteiger partial charge in [0.1, 0.15) is 11.2 Å². The number of fused-ring (bicyclic) bond motifs is 6. The number of hydrogen-bond donors (Lipinski definition) is 0. The van der Waals surface area contributed by atoms with Crippen LogP contribution in [0, 0.1) is 0 Å². The molecule has 0 N–H and O–H groups in total. The van der Waals surface area contributed by atoms with Crippen LogP contribution >= 0.6 is 0 Å². The Labute approximate surface area is 392 Å².